The minimum atomic E-state index is -0.589. The number of pyridine rings is 1. The van der Waals surface area contributed by atoms with Gasteiger partial charge < -0.3 is 20.2 Å². The molecule has 0 unspecified atom stereocenters. The summed E-state index contributed by atoms with van der Waals surface area (Å²) < 4.78 is 9.42. The Morgan fingerprint density at radius 3 is 2.83 bits per heavy atom. The van der Waals surface area contributed by atoms with Crippen molar-refractivity contribution in [2.75, 3.05) is 18.0 Å². The number of amides is 1. The van der Waals surface area contributed by atoms with Crippen molar-refractivity contribution in [3.8, 4) is 11.8 Å². The van der Waals surface area contributed by atoms with E-state index in [1.807, 2.05) is 55.7 Å². The van der Waals surface area contributed by atoms with Gasteiger partial charge in [-0.2, -0.15) is 9.83 Å². The molecule has 0 saturated carbocycles. The average Bonchev–Trinajstić information content (AvgIpc) is 3.29. The van der Waals surface area contributed by atoms with Crippen molar-refractivity contribution in [1.29, 1.82) is 0 Å². The molecule has 1 atom stereocenters. The normalized spacial score (nSPS) is 15.5. The number of ether oxygens (including phenoxy) is 1. The number of benzene rings is 1. The maximum Gasteiger partial charge on any atom is 0.407 e. The molecule has 41 heavy (non-hydrogen) atoms. The van der Waals surface area contributed by atoms with Crippen molar-refractivity contribution in [2.24, 2.45) is 0 Å². The summed E-state index contributed by atoms with van der Waals surface area (Å²) in [6.07, 6.45) is 2.74. The maximum absolute atomic E-state index is 13.9. The van der Waals surface area contributed by atoms with Crippen LogP contribution in [0.2, 0.25) is 0 Å². The number of aromatic nitrogens is 5. The predicted molar refractivity (Wildman–Crippen MR) is 157 cm³/mol. The second-order valence-corrected chi connectivity index (χ2v) is 11.3. The molecule has 3 aromatic heterocycles. The number of fused-ring (bicyclic) bond motifs is 2. The lowest BCUT2D eigenvalue weighted by molar-refractivity contribution is -0.619. The van der Waals surface area contributed by atoms with Crippen molar-refractivity contribution in [1.82, 2.24) is 24.6 Å². The lowest BCUT2D eigenvalue weighted by atomic mass is 10.1. The van der Waals surface area contributed by atoms with E-state index in [2.05, 4.69) is 27.2 Å². The number of carbonyl (C=O) groups excluding carboxylic acids is 1. The number of carbonyl (C=O) groups is 1. The topological polar surface area (TPSA) is 121 Å². The third-order valence-corrected chi connectivity index (χ3v) is 7.07. The van der Waals surface area contributed by atoms with Crippen molar-refractivity contribution in [3.05, 3.63) is 63.5 Å². The highest BCUT2D eigenvalue weighted by atomic mass is 16.6. The molecule has 0 bridgehead atoms. The van der Waals surface area contributed by atoms with Gasteiger partial charge in [0, 0.05) is 32.1 Å². The molecular formula is C30H35N7O4. The fraction of sp³-hybridized carbons (Fsp3) is 0.433. The second-order valence-electron chi connectivity index (χ2n) is 11.3. The van der Waals surface area contributed by atoms with Crippen LogP contribution in [0, 0.1) is 24.0 Å². The van der Waals surface area contributed by atoms with Crippen LogP contribution in [0.5, 0.6) is 0 Å². The Hall–Kier alpha value is -4.59. The molecule has 0 radical (unpaired) electrons. The van der Waals surface area contributed by atoms with E-state index in [9.17, 15) is 14.8 Å². The molecule has 1 aliphatic heterocycles. The lowest BCUT2D eigenvalue weighted by Gasteiger charge is -2.34. The lowest BCUT2D eigenvalue weighted by Crippen LogP contribution is -2.49. The summed E-state index contributed by atoms with van der Waals surface area (Å²) in [6, 6.07) is 9.30. The van der Waals surface area contributed by atoms with Gasteiger partial charge in [0.1, 0.15) is 23.2 Å². The van der Waals surface area contributed by atoms with E-state index < -0.39 is 11.7 Å². The molecule has 4 heterocycles. The number of anilines is 1. The van der Waals surface area contributed by atoms with Crippen LogP contribution in [-0.2, 0) is 17.8 Å². The predicted octanol–water partition coefficient (Wildman–Crippen LogP) is 3.25. The Labute approximate surface area is 238 Å². The van der Waals surface area contributed by atoms with Gasteiger partial charge in [-0.15, -0.1) is 5.92 Å². The van der Waals surface area contributed by atoms with E-state index >= 15 is 0 Å². The van der Waals surface area contributed by atoms with Gasteiger partial charge in [-0.25, -0.2) is 14.5 Å². The molecule has 11 heteroatoms. The van der Waals surface area contributed by atoms with Gasteiger partial charge in [-0.1, -0.05) is 24.1 Å². The van der Waals surface area contributed by atoms with Crippen LogP contribution in [0.25, 0.3) is 21.8 Å². The van der Waals surface area contributed by atoms with Crippen molar-refractivity contribution >= 4 is 33.8 Å². The molecule has 1 amide bonds. The van der Waals surface area contributed by atoms with Crippen molar-refractivity contribution < 1.29 is 14.3 Å². The molecule has 1 N–H and O–H groups in total. The molecule has 4 aromatic rings. The van der Waals surface area contributed by atoms with Gasteiger partial charge in [0.2, 0.25) is 11.6 Å². The smallest absolute Gasteiger partial charge is 0.407 e. The third-order valence-electron chi connectivity index (χ3n) is 7.07. The summed E-state index contributed by atoms with van der Waals surface area (Å²) in [4.78, 5) is 33.1. The number of nitrogens with one attached hydrogen (secondary N) is 1. The zero-order valence-corrected chi connectivity index (χ0v) is 24.1. The summed E-state index contributed by atoms with van der Waals surface area (Å²) in [7, 11) is 0. The molecular weight excluding hydrogens is 522 g/mol. The number of aryl methyl sites for hydroxylation is 1. The Balaban J connectivity index is 1.52. The van der Waals surface area contributed by atoms with Crippen LogP contribution in [0.1, 0.15) is 51.9 Å². The standard InChI is InChI=1S/C30H35N7O4/c1-6-7-15-35-26-24(33-28(35)34-14-10-12-22(18-34)32-29(39)41-30(3,4)5)17-31-36(27(26)38)19-25-23-13-9-8-11-21(23)16-20(2)37(25)40/h8-9,11,13,16-17,22H,10,12,14-15,18-19H2,1-5H3,(H,32,39)/t22-/m1/s1. The largest absolute Gasteiger partial charge is 0.618 e. The third kappa shape index (κ3) is 5.82. The average molecular weight is 558 g/mol. The van der Waals surface area contributed by atoms with Crippen LogP contribution in [0.15, 0.2) is 41.3 Å². The molecule has 214 valence electrons. The molecule has 5 rings (SSSR count). The number of rotatable bonds is 5. The van der Waals surface area contributed by atoms with E-state index in [0.717, 1.165) is 28.3 Å². The molecule has 0 spiro atoms. The second kappa shape index (κ2) is 11.1. The quantitative estimate of drug-likeness (QED) is 0.227. The Bertz CT molecular complexity index is 1740. The number of alkyl carbamates (subject to hydrolysis) is 1. The Morgan fingerprint density at radius 2 is 2.07 bits per heavy atom. The van der Waals surface area contributed by atoms with E-state index in [-0.39, 0.29) is 24.7 Å². The number of hydrogen-bond donors (Lipinski definition) is 1. The summed E-state index contributed by atoms with van der Waals surface area (Å²) in [5, 5.41) is 22.1. The highest BCUT2D eigenvalue weighted by molar-refractivity contribution is 5.84. The first kappa shape index (κ1) is 28.0. The molecule has 1 aromatic carbocycles. The Morgan fingerprint density at radius 1 is 1.29 bits per heavy atom. The molecule has 1 saturated heterocycles. The van der Waals surface area contributed by atoms with Crippen molar-refractivity contribution in [2.45, 2.75) is 72.2 Å². The molecule has 0 aliphatic carbocycles. The SMILES string of the molecule is CC#CCn1c(N2CCC[C@@H](NC(=O)OC(C)(C)C)C2)nc2cnn(Cc3c4ccccc4cc(C)[n+]3[O-])c(=O)c21. The first-order valence-electron chi connectivity index (χ1n) is 13.8. The van der Waals surface area contributed by atoms with Gasteiger partial charge >= 0.3 is 6.09 Å². The molecule has 1 fully saturated rings. The van der Waals surface area contributed by atoms with Gasteiger partial charge in [-0.05, 0) is 52.0 Å². The minimum Gasteiger partial charge on any atom is -0.618 e. The van der Waals surface area contributed by atoms with E-state index in [0.29, 0.717) is 41.5 Å². The fourth-order valence-electron chi connectivity index (χ4n) is 5.27. The summed E-state index contributed by atoms with van der Waals surface area (Å²) in [5.41, 5.74) is 0.859. The van der Waals surface area contributed by atoms with Gasteiger partial charge in [-0.3, -0.25) is 9.36 Å². The zero-order chi connectivity index (χ0) is 29.3. The number of nitrogens with zero attached hydrogens (tertiary/aromatic N) is 6. The first-order valence-corrected chi connectivity index (χ1v) is 13.8. The van der Waals surface area contributed by atoms with Crippen LogP contribution in [0.4, 0.5) is 10.7 Å². The van der Waals surface area contributed by atoms with E-state index in [4.69, 9.17) is 9.72 Å². The fourth-order valence-corrected chi connectivity index (χ4v) is 5.27. The van der Waals surface area contributed by atoms with Gasteiger partial charge in [0.25, 0.3) is 5.56 Å². The zero-order valence-electron chi connectivity index (χ0n) is 24.1. The molecule has 1 aliphatic rings. The van der Waals surface area contributed by atoms with E-state index in [1.54, 1.807) is 20.0 Å². The summed E-state index contributed by atoms with van der Waals surface area (Å²) in [5.74, 6) is 6.56. The Kier molecular flexibility index (Phi) is 7.58. The number of piperidine rings is 1. The molecule has 11 nitrogen and oxygen atoms in total. The van der Waals surface area contributed by atoms with Crippen LogP contribution in [0.3, 0.4) is 0 Å². The monoisotopic (exact) mass is 557 g/mol. The van der Waals surface area contributed by atoms with Crippen LogP contribution >= 0.6 is 0 Å². The van der Waals surface area contributed by atoms with E-state index in [1.165, 1.54) is 4.68 Å². The van der Waals surface area contributed by atoms with Crippen LogP contribution in [-0.4, -0.2) is 50.2 Å². The summed E-state index contributed by atoms with van der Waals surface area (Å²) in [6.45, 7) is 10.5. The first-order chi connectivity index (χ1) is 19.6. The highest BCUT2D eigenvalue weighted by Crippen LogP contribution is 2.24. The van der Waals surface area contributed by atoms with Gasteiger partial charge in [0.15, 0.2) is 5.69 Å². The summed E-state index contributed by atoms with van der Waals surface area (Å²) >= 11 is 0. The highest BCUT2D eigenvalue weighted by Gasteiger charge is 2.28. The number of hydrogen-bond acceptors (Lipinski definition) is 7. The van der Waals surface area contributed by atoms with Crippen LogP contribution < -0.4 is 20.5 Å². The number of imidazole rings is 1. The van der Waals surface area contributed by atoms with Gasteiger partial charge in [0.05, 0.1) is 18.1 Å². The van der Waals surface area contributed by atoms with Crippen molar-refractivity contribution in [3.63, 3.8) is 0 Å². The maximum atomic E-state index is 13.9. The minimum absolute atomic E-state index is 0.00599.